The van der Waals surface area contributed by atoms with E-state index in [9.17, 15) is 5.26 Å². The molecule has 2 unspecified atom stereocenters. The highest BCUT2D eigenvalue weighted by Crippen LogP contribution is 2.39. The van der Waals surface area contributed by atoms with Gasteiger partial charge in [-0.3, -0.25) is 4.68 Å². The monoisotopic (exact) mass is 440 g/mol. The number of nitriles is 2. The predicted octanol–water partition coefficient (Wildman–Crippen LogP) is 4.28. The summed E-state index contributed by atoms with van der Waals surface area (Å²) in [7, 11) is 0. The Balaban J connectivity index is 1.28. The van der Waals surface area contributed by atoms with Crippen LogP contribution in [0.3, 0.4) is 0 Å². The lowest BCUT2D eigenvalue weighted by atomic mass is 10.0. The van der Waals surface area contributed by atoms with Crippen molar-refractivity contribution in [2.24, 2.45) is 11.8 Å². The first kappa shape index (κ1) is 21.0. The minimum absolute atomic E-state index is 0.0834. The molecule has 2 aliphatic rings. The van der Waals surface area contributed by atoms with Crippen LogP contribution in [0.25, 0.3) is 11.1 Å². The summed E-state index contributed by atoms with van der Waals surface area (Å²) in [4.78, 5) is 4.41. The molecule has 8 nitrogen and oxygen atoms in total. The Kier molecular flexibility index (Phi) is 5.93. The third-order valence-electron chi connectivity index (χ3n) is 6.07. The molecular formula is C25H24N6O2. The van der Waals surface area contributed by atoms with Gasteiger partial charge in [0.2, 0.25) is 0 Å². The van der Waals surface area contributed by atoms with E-state index < -0.39 is 0 Å². The van der Waals surface area contributed by atoms with Gasteiger partial charge in [0, 0.05) is 31.8 Å². The summed E-state index contributed by atoms with van der Waals surface area (Å²) in [5.41, 5.74) is 3.22. The molecule has 3 heterocycles. The summed E-state index contributed by atoms with van der Waals surface area (Å²) < 4.78 is 13.3. The molecule has 1 aromatic carbocycles. The second-order valence-corrected chi connectivity index (χ2v) is 8.49. The molecule has 1 aliphatic carbocycles. The number of benzene rings is 1. The lowest BCUT2D eigenvalue weighted by Crippen LogP contribution is -2.26. The van der Waals surface area contributed by atoms with E-state index in [0.29, 0.717) is 36.3 Å². The van der Waals surface area contributed by atoms with E-state index in [1.54, 1.807) is 12.4 Å². The molecule has 1 aliphatic heterocycles. The first-order chi connectivity index (χ1) is 16.2. The third-order valence-corrected chi connectivity index (χ3v) is 6.07. The summed E-state index contributed by atoms with van der Waals surface area (Å²) >= 11 is 0. The Bertz CT molecular complexity index is 1220. The van der Waals surface area contributed by atoms with Gasteiger partial charge >= 0.3 is 0 Å². The second kappa shape index (κ2) is 9.32. The first-order valence-corrected chi connectivity index (χ1v) is 11.2. The smallest absolute Gasteiger partial charge is 0.137 e. The van der Waals surface area contributed by atoms with Crippen LogP contribution in [-0.4, -0.2) is 34.1 Å². The summed E-state index contributed by atoms with van der Waals surface area (Å²) in [5, 5.41) is 26.3. The number of anilines is 2. The topological polar surface area (TPSA) is 109 Å². The van der Waals surface area contributed by atoms with Crippen molar-refractivity contribution in [1.82, 2.24) is 14.8 Å². The maximum absolute atomic E-state index is 9.66. The van der Waals surface area contributed by atoms with E-state index in [0.717, 1.165) is 42.6 Å². The zero-order valence-corrected chi connectivity index (χ0v) is 18.1. The predicted molar refractivity (Wildman–Crippen MR) is 122 cm³/mol. The van der Waals surface area contributed by atoms with Crippen molar-refractivity contribution in [1.29, 1.82) is 10.5 Å². The van der Waals surface area contributed by atoms with Crippen molar-refractivity contribution in [3.8, 4) is 29.0 Å². The van der Waals surface area contributed by atoms with Crippen LogP contribution in [0.5, 0.6) is 5.75 Å². The van der Waals surface area contributed by atoms with Gasteiger partial charge in [0.1, 0.15) is 23.7 Å². The number of nitrogens with zero attached hydrogens (tertiary/aromatic N) is 5. The minimum Gasteiger partial charge on any atom is -0.489 e. The van der Waals surface area contributed by atoms with Gasteiger partial charge in [0.05, 0.1) is 42.6 Å². The molecule has 0 spiro atoms. The summed E-state index contributed by atoms with van der Waals surface area (Å²) in [5.74, 6) is 1.87. The van der Waals surface area contributed by atoms with Gasteiger partial charge in [-0.25, -0.2) is 4.98 Å². The van der Waals surface area contributed by atoms with Crippen molar-refractivity contribution >= 4 is 11.5 Å². The molecule has 0 radical (unpaired) electrons. The van der Waals surface area contributed by atoms with Crippen molar-refractivity contribution < 1.29 is 9.47 Å². The summed E-state index contributed by atoms with van der Waals surface area (Å²) in [6.07, 6.45) is 8.13. The average molecular weight is 441 g/mol. The first-order valence-electron chi connectivity index (χ1n) is 11.2. The van der Waals surface area contributed by atoms with Gasteiger partial charge in [0.15, 0.2) is 0 Å². The molecule has 2 aromatic heterocycles. The molecule has 166 valence electrons. The van der Waals surface area contributed by atoms with Crippen molar-refractivity contribution in [2.45, 2.75) is 31.9 Å². The molecular weight excluding hydrogens is 416 g/mol. The highest BCUT2D eigenvalue weighted by molar-refractivity contribution is 5.70. The largest absolute Gasteiger partial charge is 0.489 e. The van der Waals surface area contributed by atoms with Gasteiger partial charge in [-0.15, -0.1) is 0 Å². The fourth-order valence-electron chi connectivity index (χ4n) is 4.08. The molecule has 1 saturated heterocycles. The molecule has 2 fully saturated rings. The van der Waals surface area contributed by atoms with Crippen LogP contribution in [0, 0.1) is 34.5 Å². The van der Waals surface area contributed by atoms with Crippen molar-refractivity contribution in [3.63, 3.8) is 0 Å². The van der Waals surface area contributed by atoms with E-state index in [-0.39, 0.29) is 12.0 Å². The maximum atomic E-state index is 9.66. The molecule has 3 aromatic rings. The average Bonchev–Trinajstić information content (AvgIpc) is 3.47. The van der Waals surface area contributed by atoms with Gasteiger partial charge in [-0.05, 0) is 47.7 Å². The standard InChI is InChI=1S/C25H24N6O2/c26-12-19-10-21(19)15-31-16-22(14-29-31)30-25-11-18(3-6-28-25)17-1-2-24(20(9-17)13-27)33-23-4-7-32-8-5-23/h1-3,6,9,11,14,16,19,21,23H,4-5,7-8,10,15H2,(H,28,30). The summed E-state index contributed by atoms with van der Waals surface area (Å²) in [6.45, 7) is 2.14. The minimum atomic E-state index is 0.0834. The molecule has 0 bridgehead atoms. The van der Waals surface area contributed by atoms with Gasteiger partial charge < -0.3 is 14.8 Å². The van der Waals surface area contributed by atoms with Crippen LogP contribution in [0.1, 0.15) is 24.8 Å². The lowest BCUT2D eigenvalue weighted by Gasteiger charge is -2.23. The van der Waals surface area contributed by atoms with E-state index in [1.807, 2.05) is 41.2 Å². The summed E-state index contributed by atoms with van der Waals surface area (Å²) in [6, 6.07) is 14.1. The quantitative estimate of drug-likeness (QED) is 0.584. The number of hydrogen-bond donors (Lipinski definition) is 1. The Hall–Kier alpha value is -3.88. The molecule has 5 rings (SSSR count). The maximum Gasteiger partial charge on any atom is 0.137 e. The van der Waals surface area contributed by atoms with Gasteiger partial charge in [0.25, 0.3) is 0 Å². The van der Waals surface area contributed by atoms with E-state index in [1.165, 1.54) is 0 Å². The zero-order chi connectivity index (χ0) is 22.6. The number of nitrogens with one attached hydrogen (secondary N) is 1. The SMILES string of the molecule is N#Cc1cc(-c2ccnc(Nc3cnn(CC4CC4C#N)c3)c2)ccc1OC1CCOCC1. The Morgan fingerprint density at radius 3 is 2.79 bits per heavy atom. The van der Waals surface area contributed by atoms with Gasteiger partial charge in [-0.1, -0.05) is 6.07 Å². The molecule has 33 heavy (non-hydrogen) atoms. The van der Waals surface area contributed by atoms with Crippen molar-refractivity contribution in [3.05, 3.63) is 54.5 Å². The third kappa shape index (κ3) is 4.97. The second-order valence-electron chi connectivity index (χ2n) is 8.49. The Morgan fingerprint density at radius 2 is 2.00 bits per heavy atom. The van der Waals surface area contributed by atoms with Crippen molar-refractivity contribution in [2.75, 3.05) is 18.5 Å². The van der Waals surface area contributed by atoms with Crippen LogP contribution in [0.15, 0.2) is 48.9 Å². The number of aromatic nitrogens is 3. The van der Waals surface area contributed by atoms with Crippen LogP contribution < -0.4 is 10.1 Å². The Labute approximate surface area is 192 Å². The molecule has 1 saturated carbocycles. The lowest BCUT2D eigenvalue weighted by molar-refractivity contribution is 0.0254. The van der Waals surface area contributed by atoms with Crippen LogP contribution >= 0.6 is 0 Å². The number of ether oxygens (including phenoxy) is 2. The molecule has 0 amide bonds. The van der Waals surface area contributed by atoms with Crippen LogP contribution in [-0.2, 0) is 11.3 Å². The highest BCUT2D eigenvalue weighted by atomic mass is 16.5. The number of pyridine rings is 1. The van der Waals surface area contributed by atoms with E-state index in [2.05, 4.69) is 27.5 Å². The normalized spacial score (nSPS) is 19.9. The van der Waals surface area contributed by atoms with E-state index >= 15 is 0 Å². The Morgan fingerprint density at radius 1 is 1.15 bits per heavy atom. The number of hydrogen-bond acceptors (Lipinski definition) is 7. The van der Waals surface area contributed by atoms with Crippen LogP contribution in [0.4, 0.5) is 11.5 Å². The number of rotatable bonds is 7. The van der Waals surface area contributed by atoms with E-state index in [4.69, 9.17) is 14.7 Å². The highest BCUT2D eigenvalue weighted by Gasteiger charge is 2.37. The van der Waals surface area contributed by atoms with Crippen LogP contribution in [0.2, 0.25) is 0 Å². The zero-order valence-electron chi connectivity index (χ0n) is 18.1. The van der Waals surface area contributed by atoms with Gasteiger partial charge in [-0.2, -0.15) is 15.6 Å². The molecule has 8 heteroatoms. The fraction of sp³-hybridized carbons (Fsp3) is 0.360. The molecule has 2 atom stereocenters. The fourth-order valence-corrected chi connectivity index (χ4v) is 4.08. The molecule has 1 N–H and O–H groups in total.